The Morgan fingerprint density at radius 2 is 2.35 bits per heavy atom. The van der Waals surface area contributed by atoms with E-state index >= 15 is 0 Å². The molecule has 94 valence electrons. The first-order valence-electron chi connectivity index (χ1n) is 5.70. The van der Waals surface area contributed by atoms with Crippen LogP contribution in [0.5, 0.6) is 0 Å². The van der Waals surface area contributed by atoms with Crippen LogP contribution in [0.25, 0.3) is 0 Å². The summed E-state index contributed by atoms with van der Waals surface area (Å²) in [6.07, 6.45) is 2.03. The Morgan fingerprint density at radius 3 is 2.94 bits per heavy atom. The van der Waals surface area contributed by atoms with Crippen molar-refractivity contribution in [2.75, 3.05) is 6.54 Å². The second-order valence-electron chi connectivity index (χ2n) is 4.08. The van der Waals surface area contributed by atoms with Gasteiger partial charge in [-0.25, -0.2) is 0 Å². The molecule has 0 fully saturated rings. The predicted octanol–water partition coefficient (Wildman–Crippen LogP) is 1.88. The van der Waals surface area contributed by atoms with Crippen LogP contribution in [0.2, 0.25) is 0 Å². The summed E-state index contributed by atoms with van der Waals surface area (Å²) in [7, 11) is 0. The molecule has 0 bridgehead atoms. The van der Waals surface area contributed by atoms with Gasteiger partial charge >= 0.3 is 0 Å². The molecule has 5 heteroatoms. The van der Waals surface area contributed by atoms with Crippen molar-refractivity contribution >= 4 is 18.1 Å². The smallest absolute Gasteiger partial charge is 0.254 e. The van der Waals surface area contributed by atoms with E-state index < -0.39 is 6.10 Å². The molecule has 0 aromatic carbocycles. The summed E-state index contributed by atoms with van der Waals surface area (Å²) < 4.78 is 0.406. The molecule has 0 radical (unpaired) electrons. The second kappa shape index (κ2) is 6.51. The Morgan fingerprint density at radius 1 is 1.65 bits per heavy atom. The highest BCUT2D eigenvalue weighted by Crippen LogP contribution is 2.06. The highest BCUT2D eigenvalue weighted by molar-refractivity contribution is 7.71. The van der Waals surface area contributed by atoms with Crippen LogP contribution in [0.3, 0.4) is 0 Å². The van der Waals surface area contributed by atoms with Crippen LogP contribution in [0.15, 0.2) is 18.3 Å². The quantitative estimate of drug-likeness (QED) is 0.703. The highest BCUT2D eigenvalue weighted by atomic mass is 32.1. The van der Waals surface area contributed by atoms with Crippen LogP contribution in [0.1, 0.15) is 30.6 Å². The number of aromatic amines is 1. The van der Waals surface area contributed by atoms with Gasteiger partial charge in [0.2, 0.25) is 0 Å². The molecule has 4 nitrogen and oxygen atoms in total. The number of aromatic nitrogens is 1. The van der Waals surface area contributed by atoms with Gasteiger partial charge < -0.3 is 15.4 Å². The largest absolute Gasteiger partial charge is 0.391 e. The number of rotatable bonds is 5. The third-order valence-corrected chi connectivity index (χ3v) is 3.17. The SMILES string of the molecule is CCC(C)C(O)CNC(=O)c1ccc[nH]c1=S. The molecule has 3 N–H and O–H groups in total. The van der Waals surface area contributed by atoms with Crippen LogP contribution in [0.4, 0.5) is 0 Å². The van der Waals surface area contributed by atoms with Gasteiger partial charge in [0, 0.05) is 12.7 Å². The lowest BCUT2D eigenvalue weighted by Gasteiger charge is -2.17. The second-order valence-corrected chi connectivity index (χ2v) is 4.48. The minimum atomic E-state index is -0.523. The summed E-state index contributed by atoms with van der Waals surface area (Å²) in [4.78, 5) is 14.6. The zero-order valence-electron chi connectivity index (χ0n) is 10.1. The van der Waals surface area contributed by atoms with Crippen LogP contribution in [0, 0.1) is 10.6 Å². The first-order valence-corrected chi connectivity index (χ1v) is 6.11. The molecule has 0 aliphatic carbocycles. The van der Waals surface area contributed by atoms with E-state index in [-0.39, 0.29) is 18.4 Å². The fourth-order valence-corrected chi connectivity index (χ4v) is 1.59. The van der Waals surface area contributed by atoms with E-state index in [4.69, 9.17) is 12.2 Å². The summed E-state index contributed by atoms with van der Waals surface area (Å²) in [5.41, 5.74) is 0.429. The number of amides is 1. The van der Waals surface area contributed by atoms with E-state index in [1.165, 1.54) is 0 Å². The van der Waals surface area contributed by atoms with Gasteiger partial charge in [-0.15, -0.1) is 0 Å². The number of pyridine rings is 1. The number of H-pyrrole nitrogens is 1. The van der Waals surface area contributed by atoms with Crippen molar-refractivity contribution in [1.82, 2.24) is 10.3 Å². The molecule has 0 saturated heterocycles. The standard InChI is InChI=1S/C12H18N2O2S/c1-3-8(2)10(15)7-14-11(16)9-5-4-6-13-12(9)17/h4-6,8,10,15H,3,7H2,1-2H3,(H,13,17)(H,14,16). The van der Waals surface area contributed by atoms with Gasteiger partial charge in [-0.05, 0) is 18.1 Å². The lowest BCUT2D eigenvalue weighted by atomic mass is 10.0. The van der Waals surface area contributed by atoms with E-state index in [9.17, 15) is 9.90 Å². The Kier molecular flexibility index (Phi) is 5.31. The topological polar surface area (TPSA) is 65.1 Å². The molecule has 1 rings (SSSR count). The molecule has 2 unspecified atom stereocenters. The van der Waals surface area contributed by atoms with E-state index in [0.717, 1.165) is 6.42 Å². The number of nitrogens with one attached hydrogen (secondary N) is 2. The molecule has 1 aromatic rings. The minimum absolute atomic E-state index is 0.167. The summed E-state index contributed by atoms with van der Waals surface area (Å²) in [6, 6.07) is 3.37. The molecule has 17 heavy (non-hydrogen) atoms. The predicted molar refractivity (Wildman–Crippen MR) is 69.4 cm³/mol. The van der Waals surface area contributed by atoms with Gasteiger partial charge in [0.15, 0.2) is 0 Å². The van der Waals surface area contributed by atoms with Gasteiger partial charge in [-0.2, -0.15) is 0 Å². The molecule has 1 aromatic heterocycles. The monoisotopic (exact) mass is 254 g/mol. The summed E-state index contributed by atoms with van der Waals surface area (Å²) >= 11 is 5.00. The number of aliphatic hydroxyl groups is 1. The average molecular weight is 254 g/mol. The number of aliphatic hydroxyl groups excluding tert-OH is 1. The zero-order chi connectivity index (χ0) is 12.8. The van der Waals surface area contributed by atoms with Crippen molar-refractivity contribution < 1.29 is 9.90 Å². The Bertz CT molecular complexity index is 431. The van der Waals surface area contributed by atoms with Crippen LogP contribution >= 0.6 is 12.2 Å². The van der Waals surface area contributed by atoms with Crippen molar-refractivity contribution in [1.29, 1.82) is 0 Å². The fraction of sp³-hybridized carbons (Fsp3) is 0.500. The molecule has 0 aliphatic rings. The van der Waals surface area contributed by atoms with E-state index in [1.54, 1.807) is 18.3 Å². The fourth-order valence-electron chi connectivity index (χ4n) is 1.37. The number of carbonyl (C=O) groups excluding carboxylic acids is 1. The zero-order valence-corrected chi connectivity index (χ0v) is 10.9. The van der Waals surface area contributed by atoms with Crippen molar-refractivity contribution in [3.63, 3.8) is 0 Å². The summed E-state index contributed by atoms with van der Waals surface area (Å²) in [5.74, 6) is -0.0881. The lowest BCUT2D eigenvalue weighted by Crippen LogP contribution is -2.35. The average Bonchev–Trinajstić information content (AvgIpc) is 2.35. The van der Waals surface area contributed by atoms with Gasteiger partial charge in [0.1, 0.15) is 4.64 Å². The van der Waals surface area contributed by atoms with Crippen molar-refractivity contribution in [3.05, 3.63) is 28.5 Å². The van der Waals surface area contributed by atoms with Crippen molar-refractivity contribution in [2.45, 2.75) is 26.4 Å². The molecule has 2 atom stereocenters. The van der Waals surface area contributed by atoms with Crippen molar-refractivity contribution in [2.24, 2.45) is 5.92 Å². The van der Waals surface area contributed by atoms with Gasteiger partial charge in [-0.1, -0.05) is 32.5 Å². The van der Waals surface area contributed by atoms with E-state index in [2.05, 4.69) is 10.3 Å². The number of carbonyl (C=O) groups is 1. The van der Waals surface area contributed by atoms with Crippen molar-refractivity contribution in [3.8, 4) is 0 Å². The maximum atomic E-state index is 11.8. The molecule has 0 aliphatic heterocycles. The first-order chi connectivity index (χ1) is 8.06. The third kappa shape index (κ3) is 3.94. The number of hydrogen-bond donors (Lipinski definition) is 3. The van der Waals surface area contributed by atoms with Crippen LogP contribution in [-0.2, 0) is 0 Å². The van der Waals surface area contributed by atoms with Gasteiger partial charge in [-0.3, -0.25) is 4.79 Å². The number of hydrogen-bond acceptors (Lipinski definition) is 3. The molecule has 0 spiro atoms. The van der Waals surface area contributed by atoms with Gasteiger partial charge in [0.25, 0.3) is 5.91 Å². The van der Waals surface area contributed by atoms with Crippen LogP contribution < -0.4 is 5.32 Å². The van der Waals surface area contributed by atoms with Gasteiger partial charge in [0.05, 0.1) is 11.7 Å². The van der Waals surface area contributed by atoms with Crippen LogP contribution in [-0.4, -0.2) is 28.6 Å². The maximum Gasteiger partial charge on any atom is 0.254 e. The lowest BCUT2D eigenvalue weighted by molar-refractivity contribution is 0.0849. The molecular weight excluding hydrogens is 236 g/mol. The third-order valence-electron chi connectivity index (χ3n) is 2.84. The first kappa shape index (κ1) is 13.9. The maximum absolute atomic E-state index is 11.8. The Labute approximate surface area is 106 Å². The van der Waals surface area contributed by atoms with E-state index in [0.29, 0.717) is 10.2 Å². The molecule has 0 saturated carbocycles. The Balaban J connectivity index is 2.57. The molecular formula is C12H18N2O2S. The molecule has 1 amide bonds. The Hall–Kier alpha value is -1.20. The summed E-state index contributed by atoms with van der Waals surface area (Å²) in [6.45, 7) is 4.20. The summed E-state index contributed by atoms with van der Waals surface area (Å²) in [5, 5.41) is 12.4. The normalized spacial score (nSPS) is 14.1. The highest BCUT2D eigenvalue weighted by Gasteiger charge is 2.14. The molecule has 1 heterocycles. The van der Waals surface area contributed by atoms with E-state index in [1.807, 2.05) is 13.8 Å². The minimum Gasteiger partial charge on any atom is -0.391 e.